The lowest BCUT2D eigenvalue weighted by atomic mass is 10.2. The number of hydrogen-bond acceptors (Lipinski definition) is 5. The minimum Gasteiger partial charge on any atom is -0.396 e. The van der Waals surface area contributed by atoms with Gasteiger partial charge >= 0.3 is 0 Å². The third-order valence-electron chi connectivity index (χ3n) is 2.71. The molecule has 0 saturated carbocycles. The summed E-state index contributed by atoms with van der Waals surface area (Å²) >= 11 is 1.40. The highest BCUT2D eigenvalue weighted by molar-refractivity contribution is 7.16. The smallest absolute Gasteiger partial charge is 0.271 e. The van der Waals surface area contributed by atoms with Gasteiger partial charge in [0.15, 0.2) is 4.96 Å². The average molecular weight is 281 g/mol. The van der Waals surface area contributed by atoms with Gasteiger partial charge in [-0.05, 0) is 20.3 Å². The molecule has 0 bridgehead atoms. The molecule has 1 unspecified atom stereocenters. The molecule has 0 aliphatic rings. The molecule has 102 valence electrons. The molecule has 2 heterocycles. The van der Waals surface area contributed by atoms with E-state index in [0.29, 0.717) is 11.4 Å². The summed E-state index contributed by atoms with van der Waals surface area (Å²) in [6.45, 7) is 3.63. The summed E-state index contributed by atoms with van der Waals surface area (Å²) in [4.78, 5) is 29.7. The van der Waals surface area contributed by atoms with E-state index in [1.165, 1.54) is 21.9 Å². The normalized spacial score (nSPS) is 12.6. The number of amides is 1. The molecule has 7 heteroatoms. The van der Waals surface area contributed by atoms with Crippen molar-refractivity contribution in [1.29, 1.82) is 0 Å². The highest BCUT2D eigenvalue weighted by Crippen LogP contribution is 2.12. The summed E-state index contributed by atoms with van der Waals surface area (Å²) in [5.74, 6) is -0.461. The Morgan fingerprint density at radius 3 is 3.05 bits per heavy atom. The zero-order valence-electron chi connectivity index (χ0n) is 10.7. The Bertz CT molecular complexity index is 662. The summed E-state index contributed by atoms with van der Waals surface area (Å²) < 4.78 is 1.38. The van der Waals surface area contributed by atoms with E-state index in [0.717, 1.165) is 4.88 Å². The second-order valence-electron chi connectivity index (χ2n) is 4.36. The van der Waals surface area contributed by atoms with E-state index >= 15 is 0 Å². The van der Waals surface area contributed by atoms with Crippen LogP contribution in [0.4, 0.5) is 0 Å². The molecule has 0 saturated heterocycles. The van der Waals surface area contributed by atoms with Gasteiger partial charge in [-0.25, -0.2) is 4.98 Å². The van der Waals surface area contributed by atoms with Crippen LogP contribution in [0.15, 0.2) is 17.2 Å². The van der Waals surface area contributed by atoms with Crippen molar-refractivity contribution in [2.45, 2.75) is 26.3 Å². The first-order valence-electron chi connectivity index (χ1n) is 5.92. The van der Waals surface area contributed by atoms with Gasteiger partial charge in [-0.3, -0.25) is 14.0 Å². The molecule has 2 rings (SSSR count). The Morgan fingerprint density at radius 2 is 2.37 bits per heavy atom. The highest BCUT2D eigenvalue weighted by Gasteiger charge is 2.16. The maximum atomic E-state index is 12.1. The number of aryl methyl sites for hydroxylation is 1. The van der Waals surface area contributed by atoms with Crippen LogP contribution in [-0.4, -0.2) is 33.0 Å². The van der Waals surface area contributed by atoms with Crippen molar-refractivity contribution in [1.82, 2.24) is 14.7 Å². The van der Waals surface area contributed by atoms with Crippen LogP contribution < -0.4 is 10.9 Å². The van der Waals surface area contributed by atoms with Crippen molar-refractivity contribution in [2.24, 2.45) is 0 Å². The van der Waals surface area contributed by atoms with Crippen molar-refractivity contribution in [3.63, 3.8) is 0 Å². The lowest BCUT2D eigenvalue weighted by Crippen LogP contribution is -2.37. The number of aliphatic hydroxyl groups excluding tert-OH is 1. The van der Waals surface area contributed by atoms with Crippen molar-refractivity contribution in [3.8, 4) is 0 Å². The third kappa shape index (κ3) is 2.82. The fourth-order valence-electron chi connectivity index (χ4n) is 1.72. The highest BCUT2D eigenvalue weighted by atomic mass is 32.1. The SMILES string of the molecule is Cc1cn2c(=O)c(C(=O)NC(C)CCO)cnc2s1. The van der Waals surface area contributed by atoms with Crippen molar-refractivity contribution in [2.75, 3.05) is 6.61 Å². The van der Waals surface area contributed by atoms with Gasteiger partial charge in [0, 0.05) is 29.9 Å². The van der Waals surface area contributed by atoms with Crippen LogP contribution in [0.25, 0.3) is 4.96 Å². The van der Waals surface area contributed by atoms with E-state index in [4.69, 9.17) is 5.11 Å². The minimum absolute atomic E-state index is 0.0125. The van der Waals surface area contributed by atoms with E-state index in [2.05, 4.69) is 10.3 Å². The summed E-state index contributed by atoms with van der Waals surface area (Å²) in [6.07, 6.45) is 3.41. The second-order valence-corrected chi connectivity index (χ2v) is 5.57. The molecular formula is C12H15N3O3S. The molecule has 0 fully saturated rings. The van der Waals surface area contributed by atoms with Crippen molar-refractivity contribution < 1.29 is 9.90 Å². The maximum absolute atomic E-state index is 12.1. The molecule has 0 aliphatic heterocycles. The Morgan fingerprint density at radius 1 is 1.63 bits per heavy atom. The molecule has 2 aromatic rings. The number of rotatable bonds is 4. The molecule has 0 spiro atoms. The van der Waals surface area contributed by atoms with Crippen LogP contribution in [0.1, 0.15) is 28.6 Å². The summed E-state index contributed by atoms with van der Waals surface area (Å²) in [5.41, 5.74) is -0.358. The molecule has 19 heavy (non-hydrogen) atoms. The number of carbonyl (C=O) groups is 1. The van der Waals surface area contributed by atoms with Crippen LogP contribution >= 0.6 is 11.3 Å². The second kappa shape index (κ2) is 5.50. The van der Waals surface area contributed by atoms with Gasteiger partial charge in [0.2, 0.25) is 0 Å². The molecule has 6 nitrogen and oxygen atoms in total. The zero-order chi connectivity index (χ0) is 14.0. The van der Waals surface area contributed by atoms with Gasteiger partial charge in [0.1, 0.15) is 5.56 Å². The van der Waals surface area contributed by atoms with Gasteiger partial charge in [-0.2, -0.15) is 0 Å². The largest absolute Gasteiger partial charge is 0.396 e. The lowest BCUT2D eigenvalue weighted by Gasteiger charge is -2.11. The van der Waals surface area contributed by atoms with Gasteiger partial charge in [0.25, 0.3) is 11.5 Å². The number of aromatic nitrogens is 2. The standard InChI is InChI=1S/C12H15N3O3S/c1-7(3-4-16)14-10(17)9-5-13-12-15(11(9)18)6-8(2)19-12/h5-7,16H,3-4H2,1-2H3,(H,14,17). The Labute approximate surface area is 113 Å². The first kappa shape index (κ1) is 13.7. The molecule has 1 amide bonds. The third-order valence-corrected chi connectivity index (χ3v) is 3.62. The predicted octanol–water partition coefficient (Wildman–Crippen LogP) is 0.565. The molecule has 2 aromatic heterocycles. The molecule has 0 aliphatic carbocycles. The van der Waals surface area contributed by atoms with E-state index in [1.54, 1.807) is 13.1 Å². The van der Waals surface area contributed by atoms with Crippen molar-refractivity contribution in [3.05, 3.63) is 33.2 Å². The molecule has 1 atom stereocenters. The first-order valence-corrected chi connectivity index (χ1v) is 6.74. The fourth-order valence-corrected chi connectivity index (χ4v) is 2.50. The quantitative estimate of drug-likeness (QED) is 0.858. The van der Waals surface area contributed by atoms with Crippen LogP contribution in [0, 0.1) is 6.92 Å². The van der Waals surface area contributed by atoms with Crippen LogP contribution in [0.2, 0.25) is 0 Å². The van der Waals surface area contributed by atoms with Gasteiger partial charge in [-0.15, -0.1) is 11.3 Å². The number of hydrogen-bond donors (Lipinski definition) is 2. The lowest BCUT2D eigenvalue weighted by molar-refractivity contribution is 0.0932. The number of nitrogens with zero attached hydrogens (tertiary/aromatic N) is 2. The monoisotopic (exact) mass is 281 g/mol. The Kier molecular flexibility index (Phi) is 3.96. The van der Waals surface area contributed by atoms with Crippen LogP contribution in [-0.2, 0) is 0 Å². The van der Waals surface area contributed by atoms with Crippen molar-refractivity contribution >= 4 is 22.2 Å². The number of nitrogens with one attached hydrogen (secondary N) is 1. The summed E-state index contributed by atoms with van der Waals surface area (Å²) in [5, 5.41) is 11.5. The number of aliphatic hydroxyl groups is 1. The van der Waals surface area contributed by atoms with E-state index in [9.17, 15) is 9.59 Å². The molecular weight excluding hydrogens is 266 g/mol. The number of carbonyl (C=O) groups excluding carboxylic acids is 1. The molecule has 2 N–H and O–H groups in total. The topological polar surface area (TPSA) is 83.7 Å². The minimum atomic E-state index is -0.461. The number of thiazole rings is 1. The van der Waals surface area contributed by atoms with Gasteiger partial charge in [0.05, 0.1) is 0 Å². The van der Waals surface area contributed by atoms with Crippen LogP contribution in [0.5, 0.6) is 0 Å². The average Bonchev–Trinajstić information content (AvgIpc) is 2.71. The van der Waals surface area contributed by atoms with E-state index < -0.39 is 5.91 Å². The zero-order valence-corrected chi connectivity index (χ0v) is 11.5. The van der Waals surface area contributed by atoms with Gasteiger partial charge in [-0.1, -0.05) is 0 Å². The molecule has 0 aromatic carbocycles. The van der Waals surface area contributed by atoms with Gasteiger partial charge < -0.3 is 10.4 Å². The fraction of sp³-hybridized carbons (Fsp3) is 0.417. The summed E-state index contributed by atoms with van der Waals surface area (Å²) in [6, 6.07) is -0.193. The first-order chi connectivity index (χ1) is 9.02. The molecule has 0 radical (unpaired) electrons. The number of fused-ring (bicyclic) bond motifs is 1. The van der Waals surface area contributed by atoms with Crippen LogP contribution in [0.3, 0.4) is 0 Å². The predicted molar refractivity (Wildman–Crippen MR) is 72.7 cm³/mol. The Balaban J connectivity index is 2.32. The maximum Gasteiger partial charge on any atom is 0.271 e. The van der Waals surface area contributed by atoms with E-state index in [1.807, 2.05) is 6.92 Å². The summed E-state index contributed by atoms with van der Waals surface area (Å²) in [7, 11) is 0. The Hall–Kier alpha value is -1.73. The van der Waals surface area contributed by atoms with E-state index in [-0.39, 0.29) is 23.8 Å².